The molecule has 0 saturated heterocycles. The van der Waals surface area contributed by atoms with Crippen molar-refractivity contribution < 1.29 is 0 Å². The van der Waals surface area contributed by atoms with E-state index >= 15 is 0 Å². The SMILES string of the molecule is CCC(c1ccc(-c2cnc(N)nc2)cc1)(c1c(C)[nH]c2ccccc12)C(C)C. The third-order valence-electron chi connectivity index (χ3n) is 6.29. The van der Waals surface area contributed by atoms with Crippen LogP contribution in [0.4, 0.5) is 5.95 Å². The fraction of sp³-hybridized carbons (Fsp3) is 0.280. The number of nitrogens with two attached hydrogens (primary N) is 1. The number of H-pyrrole nitrogens is 1. The Labute approximate surface area is 172 Å². The highest BCUT2D eigenvalue weighted by molar-refractivity contribution is 5.86. The van der Waals surface area contributed by atoms with Crippen LogP contribution in [0.25, 0.3) is 22.0 Å². The van der Waals surface area contributed by atoms with E-state index < -0.39 is 0 Å². The van der Waals surface area contributed by atoms with Gasteiger partial charge in [-0.3, -0.25) is 0 Å². The van der Waals surface area contributed by atoms with Crippen molar-refractivity contribution in [2.24, 2.45) is 5.92 Å². The van der Waals surface area contributed by atoms with Crippen molar-refractivity contribution in [3.05, 3.63) is 77.7 Å². The molecule has 3 N–H and O–H groups in total. The molecule has 0 aliphatic carbocycles. The zero-order valence-electron chi connectivity index (χ0n) is 17.5. The van der Waals surface area contributed by atoms with Gasteiger partial charge in [-0.1, -0.05) is 63.2 Å². The van der Waals surface area contributed by atoms with Crippen LogP contribution in [-0.4, -0.2) is 15.0 Å². The molecule has 148 valence electrons. The van der Waals surface area contributed by atoms with Gasteiger partial charge in [0.25, 0.3) is 0 Å². The first-order valence-corrected chi connectivity index (χ1v) is 10.2. The smallest absolute Gasteiger partial charge is 0.219 e. The molecule has 1 atom stereocenters. The normalized spacial score (nSPS) is 13.7. The number of rotatable bonds is 5. The molecule has 0 bridgehead atoms. The zero-order chi connectivity index (χ0) is 20.6. The van der Waals surface area contributed by atoms with Crippen molar-refractivity contribution in [3.63, 3.8) is 0 Å². The van der Waals surface area contributed by atoms with Crippen LogP contribution in [0.1, 0.15) is 44.0 Å². The third kappa shape index (κ3) is 3.09. The molecule has 0 amide bonds. The van der Waals surface area contributed by atoms with Crippen LogP contribution >= 0.6 is 0 Å². The zero-order valence-corrected chi connectivity index (χ0v) is 17.5. The Morgan fingerprint density at radius 1 is 0.966 bits per heavy atom. The molecule has 4 aromatic rings. The van der Waals surface area contributed by atoms with E-state index in [9.17, 15) is 0 Å². The minimum absolute atomic E-state index is 0.0696. The maximum atomic E-state index is 5.63. The van der Waals surface area contributed by atoms with Gasteiger partial charge in [0.1, 0.15) is 0 Å². The lowest BCUT2D eigenvalue weighted by atomic mass is 9.64. The van der Waals surface area contributed by atoms with Crippen molar-refractivity contribution in [3.8, 4) is 11.1 Å². The van der Waals surface area contributed by atoms with Crippen molar-refractivity contribution in [1.29, 1.82) is 0 Å². The highest BCUT2D eigenvalue weighted by Gasteiger charge is 2.39. The number of aryl methyl sites for hydroxylation is 1. The lowest BCUT2D eigenvalue weighted by Gasteiger charge is -2.39. The molecular weight excluding hydrogens is 356 g/mol. The van der Waals surface area contributed by atoms with Gasteiger partial charge in [0, 0.05) is 40.0 Å². The van der Waals surface area contributed by atoms with Gasteiger partial charge < -0.3 is 10.7 Å². The summed E-state index contributed by atoms with van der Waals surface area (Å²) in [5.74, 6) is 0.737. The molecule has 2 aromatic carbocycles. The van der Waals surface area contributed by atoms with Gasteiger partial charge in [-0.15, -0.1) is 0 Å². The first-order chi connectivity index (χ1) is 14.0. The Hall–Kier alpha value is -3.14. The Bertz CT molecular complexity index is 1120. The van der Waals surface area contributed by atoms with E-state index in [-0.39, 0.29) is 5.41 Å². The molecule has 0 aliphatic rings. The quantitative estimate of drug-likeness (QED) is 0.452. The molecule has 2 aromatic heterocycles. The lowest BCUT2D eigenvalue weighted by Crippen LogP contribution is -2.33. The van der Waals surface area contributed by atoms with E-state index in [4.69, 9.17) is 5.73 Å². The number of hydrogen-bond acceptors (Lipinski definition) is 3. The molecule has 29 heavy (non-hydrogen) atoms. The fourth-order valence-corrected chi connectivity index (χ4v) is 4.85. The minimum atomic E-state index is -0.0696. The molecule has 2 heterocycles. The standard InChI is InChI=1S/C25H28N4/c1-5-25(16(2)3,23-17(4)29-22-9-7-6-8-21(22)23)20-12-10-18(11-13-20)19-14-27-24(26)28-15-19/h6-16,29H,5H2,1-4H3,(H2,26,27,28). The van der Waals surface area contributed by atoms with Crippen LogP contribution in [0, 0.1) is 12.8 Å². The van der Waals surface area contributed by atoms with Gasteiger partial charge >= 0.3 is 0 Å². The minimum Gasteiger partial charge on any atom is -0.368 e. The number of para-hydroxylation sites is 1. The van der Waals surface area contributed by atoms with Crippen LogP contribution in [0.15, 0.2) is 60.9 Å². The highest BCUT2D eigenvalue weighted by Crippen LogP contribution is 2.46. The van der Waals surface area contributed by atoms with Gasteiger partial charge in [0.15, 0.2) is 0 Å². The topological polar surface area (TPSA) is 67.6 Å². The predicted octanol–water partition coefficient (Wildman–Crippen LogP) is 5.87. The molecule has 1 unspecified atom stereocenters. The monoisotopic (exact) mass is 384 g/mol. The summed E-state index contributed by atoms with van der Waals surface area (Å²) in [6.45, 7) is 9.14. The number of benzene rings is 2. The maximum Gasteiger partial charge on any atom is 0.219 e. The van der Waals surface area contributed by atoms with Crippen LogP contribution in [0.5, 0.6) is 0 Å². The maximum absolute atomic E-state index is 5.63. The summed E-state index contributed by atoms with van der Waals surface area (Å²) in [7, 11) is 0. The second-order valence-corrected chi connectivity index (χ2v) is 8.06. The summed E-state index contributed by atoms with van der Waals surface area (Å²) in [4.78, 5) is 11.8. The average Bonchev–Trinajstić information content (AvgIpc) is 3.06. The summed E-state index contributed by atoms with van der Waals surface area (Å²) in [6.07, 6.45) is 4.57. The number of nitrogens with zero attached hydrogens (tertiary/aromatic N) is 2. The second-order valence-electron chi connectivity index (χ2n) is 8.06. The second kappa shape index (κ2) is 7.36. The molecule has 0 fully saturated rings. The van der Waals surface area contributed by atoms with E-state index in [1.54, 1.807) is 12.4 Å². The van der Waals surface area contributed by atoms with Gasteiger partial charge in [0.05, 0.1) is 0 Å². The van der Waals surface area contributed by atoms with E-state index in [1.807, 2.05) is 0 Å². The summed E-state index contributed by atoms with van der Waals surface area (Å²) >= 11 is 0. The van der Waals surface area contributed by atoms with Crippen LogP contribution in [0.3, 0.4) is 0 Å². The van der Waals surface area contributed by atoms with Gasteiger partial charge in [-0.05, 0) is 42.0 Å². The number of aromatic nitrogens is 3. The number of aromatic amines is 1. The number of anilines is 1. The highest BCUT2D eigenvalue weighted by atomic mass is 15.0. The van der Waals surface area contributed by atoms with Crippen LogP contribution in [0.2, 0.25) is 0 Å². The predicted molar refractivity (Wildman–Crippen MR) is 121 cm³/mol. The van der Waals surface area contributed by atoms with E-state index in [0.717, 1.165) is 17.5 Å². The van der Waals surface area contributed by atoms with Gasteiger partial charge in [-0.25, -0.2) is 9.97 Å². The number of nitrogens with one attached hydrogen (secondary N) is 1. The fourth-order valence-electron chi connectivity index (χ4n) is 4.85. The molecule has 4 nitrogen and oxygen atoms in total. The van der Waals surface area contributed by atoms with Crippen molar-refractivity contribution in [1.82, 2.24) is 15.0 Å². The third-order valence-corrected chi connectivity index (χ3v) is 6.29. The van der Waals surface area contributed by atoms with E-state index in [1.165, 1.54) is 27.7 Å². The number of nitrogen functional groups attached to an aromatic ring is 1. The Balaban J connectivity index is 1.87. The first-order valence-electron chi connectivity index (χ1n) is 10.2. The molecule has 4 rings (SSSR count). The molecule has 4 heteroatoms. The Morgan fingerprint density at radius 3 is 2.24 bits per heavy atom. The van der Waals surface area contributed by atoms with E-state index in [0.29, 0.717) is 11.9 Å². The van der Waals surface area contributed by atoms with Gasteiger partial charge in [0.2, 0.25) is 5.95 Å². The molecule has 0 spiro atoms. The molecule has 0 aliphatic heterocycles. The van der Waals surface area contributed by atoms with Crippen LogP contribution in [-0.2, 0) is 5.41 Å². The van der Waals surface area contributed by atoms with Gasteiger partial charge in [-0.2, -0.15) is 0 Å². The molecule has 0 saturated carbocycles. The van der Waals surface area contributed by atoms with Crippen molar-refractivity contribution in [2.75, 3.05) is 5.73 Å². The lowest BCUT2D eigenvalue weighted by molar-refractivity contribution is 0.359. The van der Waals surface area contributed by atoms with E-state index in [2.05, 4.69) is 91.2 Å². The summed E-state index contributed by atoms with van der Waals surface area (Å²) in [6, 6.07) is 17.5. The number of hydrogen-bond donors (Lipinski definition) is 2. The van der Waals surface area contributed by atoms with Crippen LogP contribution < -0.4 is 5.73 Å². The summed E-state index contributed by atoms with van der Waals surface area (Å²) in [5, 5.41) is 1.32. The molecule has 0 radical (unpaired) electrons. The van der Waals surface area contributed by atoms with Crippen molar-refractivity contribution >= 4 is 16.9 Å². The van der Waals surface area contributed by atoms with Crippen molar-refractivity contribution in [2.45, 2.75) is 39.5 Å². The largest absolute Gasteiger partial charge is 0.368 e. The first kappa shape index (κ1) is 19.2. The molecular formula is C25H28N4. The number of fused-ring (bicyclic) bond motifs is 1. The average molecular weight is 385 g/mol. The summed E-state index contributed by atoms with van der Waals surface area (Å²) in [5.41, 5.74) is 12.8. The summed E-state index contributed by atoms with van der Waals surface area (Å²) < 4.78 is 0. The Morgan fingerprint density at radius 2 is 1.62 bits per heavy atom. The Kier molecular flexibility index (Phi) is 4.87.